The molecule has 4 N–H and O–H groups in total. The van der Waals surface area contributed by atoms with Gasteiger partial charge in [-0.05, 0) is 24.8 Å². The van der Waals surface area contributed by atoms with E-state index in [0.717, 1.165) is 24.8 Å². The van der Waals surface area contributed by atoms with Gasteiger partial charge in [0.15, 0.2) is 23.2 Å². The number of aliphatic hydroxyl groups excluding tert-OH is 3. The van der Waals surface area contributed by atoms with Gasteiger partial charge in [0, 0.05) is 0 Å². The third-order valence-corrected chi connectivity index (χ3v) is 6.23. The first-order chi connectivity index (χ1) is 15.7. The molecule has 5 rings (SSSR count). The van der Waals surface area contributed by atoms with Gasteiger partial charge in [-0.25, -0.2) is 15.0 Å². The highest BCUT2D eigenvalue weighted by atomic mass is 16.6. The number of hydrogen-bond donors (Lipinski definition) is 4. The van der Waals surface area contributed by atoms with E-state index in [2.05, 4.69) is 32.4 Å². The average Bonchev–Trinajstić information content (AvgIpc) is 3.52. The fourth-order valence-corrected chi connectivity index (χ4v) is 4.50. The van der Waals surface area contributed by atoms with Crippen LogP contribution in [0, 0.1) is 0 Å². The lowest BCUT2D eigenvalue weighted by atomic mass is 10.1. The summed E-state index contributed by atoms with van der Waals surface area (Å²) in [7, 11) is 0. The van der Waals surface area contributed by atoms with Crippen LogP contribution in [0.25, 0.3) is 11.2 Å². The molecule has 1 aliphatic heterocycles. The van der Waals surface area contributed by atoms with Crippen LogP contribution in [0.15, 0.2) is 43.0 Å². The zero-order valence-electron chi connectivity index (χ0n) is 17.5. The Morgan fingerprint density at radius 2 is 1.94 bits per heavy atom. The van der Waals surface area contributed by atoms with E-state index in [9.17, 15) is 15.3 Å². The summed E-state index contributed by atoms with van der Waals surface area (Å²) >= 11 is 0. The lowest BCUT2D eigenvalue weighted by Gasteiger charge is -2.22. The normalized spacial score (nSPS) is 30.2. The molecule has 2 aliphatic rings. The van der Waals surface area contributed by atoms with Gasteiger partial charge in [-0.2, -0.15) is 0 Å². The molecule has 1 aromatic carbocycles. The van der Waals surface area contributed by atoms with Crippen LogP contribution < -0.4 is 5.32 Å². The number of aromatic nitrogens is 4. The van der Waals surface area contributed by atoms with E-state index in [1.165, 1.54) is 12.7 Å². The number of imidazole rings is 1. The zero-order chi connectivity index (χ0) is 22.1. The van der Waals surface area contributed by atoms with E-state index in [1.807, 2.05) is 18.2 Å². The predicted octanol–water partition coefficient (Wildman–Crippen LogP) is 0.988. The summed E-state index contributed by atoms with van der Waals surface area (Å²) < 4.78 is 13.4. The van der Waals surface area contributed by atoms with Gasteiger partial charge in [0.2, 0.25) is 0 Å². The van der Waals surface area contributed by atoms with Gasteiger partial charge in [-0.3, -0.25) is 4.57 Å². The molecule has 10 nitrogen and oxygen atoms in total. The van der Waals surface area contributed by atoms with Crippen molar-refractivity contribution in [2.75, 3.05) is 11.9 Å². The number of ether oxygens (including phenoxy) is 2. The monoisotopic (exact) mass is 441 g/mol. The summed E-state index contributed by atoms with van der Waals surface area (Å²) in [6.07, 6.45) is 1.81. The highest BCUT2D eigenvalue weighted by molar-refractivity contribution is 5.82. The second-order valence-electron chi connectivity index (χ2n) is 8.29. The summed E-state index contributed by atoms with van der Waals surface area (Å²) in [5.41, 5.74) is 2.15. The molecule has 1 aliphatic carbocycles. The first-order valence-corrected chi connectivity index (χ1v) is 10.9. The van der Waals surface area contributed by atoms with Gasteiger partial charge in [-0.15, -0.1) is 0 Å². The van der Waals surface area contributed by atoms with Crippen molar-refractivity contribution in [3.63, 3.8) is 0 Å². The zero-order valence-corrected chi connectivity index (χ0v) is 17.5. The Hall–Kier alpha value is -2.63. The first kappa shape index (κ1) is 21.2. The van der Waals surface area contributed by atoms with Crippen LogP contribution in [0.1, 0.15) is 31.1 Å². The Kier molecular flexibility index (Phi) is 6.03. The molecule has 0 spiro atoms. The number of hydrogen-bond acceptors (Lipinski definition) is 9. The number of fused-ring (bicyclic) bond motifs is 1. The van der Waals surface area contributed by atoms with E-state index in [1.54, 1.807) is 4.57 Å². The fraction of sp³-hybridized carbons (Fsp3) is 0.500. The minimum Gasteiger partial charge on any atom is -0.394 e. The third-order valence-electron chi connectivity index (χ3n) is 6.23. The molecule has 2 fully saturated rings. The van der Waals surface area contributed by atoms with Crippen LogP contribution in [-0.2, 0) is 16.1 Å². The van der Waals surface area contributed by atoms with Crippen LogP contribution in [0.4, 0.5) is 5.82 Å². The Morgan fingerprint density at radius 1 is 1.09 bits per heavy atom. The standard InChI is InChI=1S/C22H27N5O5/c28-9-16-18(29)19(30)22(32-16)27-12-25-17-20(23-11-24-21(17)27)26-14-7-4-8-15(14)31-10-13-5-2-1-3-6-13/h1-3,5-6,11-12,14-16,18-19,22,28-30H,4,7-10H2,(H,23,24,26)/t14-,15-,16-,18-,19-,22?/m1/s1. The SMILES string of the molecule is OC[C@H]1OC(n2cnc3c(N[C@@H]4CCC[C@H]4OCc4ccccc4)ncnc32)[C@H](O)[C@@H]1O. The van der Waals surface area contributed by atoms with Crippen molar-refractivity contribution < 1.29 is 24.8 Å². The predicted molar refractivity (Wildman–Crippen MR) is 115 cm³/mol. The number of aliphatic hydroxyl groups is 3. The molecule has 32 heavy (non-hydrogen) atoms. The van der Waals surface area contributed by atoms with Crippen LogP contribution in [0.3, 0.4) is 0 Å². The molecular formula is C22H27N5O5. The summed E-state index contributed by atoms with van der Waals surface area (Å²) in [6.45, 7) is 0.165. The molecular weight excluding hydrogens is 414 g/mol. The molecule has 3 heterocycles. The molecule has 0 radical (unpaired) electrons. The molecule has 2 aromatic heterocycles. The maximum Gasteiger partial charge on any atom is 0.167 e. The Balaban J connectivity index is 1.33. The summed E-state index contributed by atoms with van der Waals surface area (Å²) in [4.78, 5) is 13.1. The minimum atomic E-state index is -1.21. The number of anilines is 1. The third kappa shape index (κ3) is 3.96. The second-order valence-corrected chi connectivity index (χ2v) is 8.29. The largest absolute Gasteiger partial charge is 0.394 e. The van der Waals surface area contributed by atoms with Crippen LogP contribution in [0.2, 0.25) is 0 Å². The number of benzene rings is 1. The van der Waals surface area contributed by atoms with E-state index in [-0.39, 0.29) is 12.1 Å². The fourth-order valence-electron chi connectivity index (χ4n) is 4.50. The molecule has 1 unspecified atom stereocenters. The van der Waals surface area contributed by atoms with E-state index >= 15 is 0 Å². The van der Waals surface area contributed by atoms with E-state index in [4.69, 9.17) is 9.47 Å². The van der Waals surface area contributed by atoms with Gasteiger partial charge < -0.3 is 30.1 Å². The average molecular weight is 441 g/mol. The summed E-state index contributed by atoms with van der Waals surface area (Å²) in [5.74, 6) is 0.584. The molecule has 3 aromatic rings. The molecule has 10 heteroatoms. The quantitative estimate of drug-likeness (QED) is 0.423. The Morgan fingerprint density at radius 3 is 2.72 bits per heavy atom. The lowest BCUT2D eigenvalue weighted by Crippen LogP contribution is -2.33. The van der Waals surface area contributed by atoms with Gasteiger partial charge >= 0.3 is 0 Å². The van der Waals surface area contributed by atoms with Gasteiger partial charge in [0.1, 0.15) is 24.6 Å². The molecule has 0 bridgehead atoms. The second kappa shape index (κ2) is 9.08. The maximum atomic E-state index is 10.4. The van der Waals surface area contributed by atoms with Crippen molar-refractivity contribution in [2.24, 2.45) is 0 Å². The van der Waals surface area contributed by atoms with Crippen molar-refractivity contribution >= 4 is 17.0 Å². The first-order valence-electron chi connectivity index (χ1n) is 10.9. The van der Waals surface area contributed by atoms with Crippen molar-refractivity contribution in [3.05, 3.63) is 48.5 Å². The van der Waals surface area contributed by atoms with Crippen molar-refractivity contribution in [1.29, 1.82) is 0 Å². The van der Waals surface area contributed by atoms with Crippen molar-refractivity contribution in [3.8, 4) is 0 Å². The van der Waals surface area contributed by atoms with Gasteiger partial charge in [0.25, 0.3) is 0 Å². The van der Waals surface area contributed by atoms with E-state index in [0.29, 0.717) is 23.6 Å². The Labute approximate surface area is 184 Å². The topological polar surface area (TPSA) is 135 Å². The molecule has 1 saturated carbocycles. The molecule has 0 amide bonds. The highest BCUT2D eigenvalue weighted by Crippen LogP contribution is 2.33. The number of nitrogens with one attached hydrogen (secondary N) is 1. The lowest BCUT2D eigenvalue weighted by molar-refractivity contribution is -0.0511. The number of rotatable bonds is 7. The van der Waals surface area contributed by atoms with Crippen molar-refractivity contribution in [2.45, 2.75) is 62.6 Å². The minimum absolute atomic E-state index is 0.0581. The molecule has 1 saturated heterocycles. The summed E-state index contributed by atoms with van der Waals surface area (Å²) in [6, 6.07) is 10.2. The smallest absolute Gasteiger partial charge is 0.167 e. The van der Waals surface area contributed by atoms with Gasteiger partial charge in [-0.1, -0.05) is 30.3 Å². The maximum absolute atomic E-state index is 10.4. The van der Waals surface area contributed by atoms with E-state index < -0.39 is 31.1 Å². The van der Waals surface area contributed by atoms with Crippen LogP contribution in [-0.4, -0.2) is 71.9 Å². The number of nitrogens with zero attached hydrogens (tertiary/aromatic N) is 4. The van der Waals surface area contributed by atoms with Crippen LogP contribution >= 0.6 is 0 Å². The van der Waals surface area contributed by atoms with Gasteiger partial charge in [0.05, 0.1) is 31.7 Å². The molecule has 170 valence electrons. The molecule has 6 atom stereocenters. The summed E-state index contributed by atoms with van der Waals surface area (Å²) in [5, 5.41) is 33.3. The Bertz CT molecular complexity index is 1050. The highest BCUT2D eigenvalue weighted by Gasteiger charge is 2.44. The van der Waals surface area contributed by atoms with Crippen LogP contribution in [0.5, 0.6) is 0 Å². The van der Waals surface area contributed by atoms with Crippen molar-refractivity contribution in [1.82, 2.24) is 19.5 Å².